The molecule has 1 fully saturated rings. The van der Waals surface area contributed by atoms with Gasteiger partial charge in [-0.1, -0.05) is 31.0 Å². The number of nitrogens with zero attached hydrogens (tertiary/aromatic N) is 2. The van der Waals surface area contributed by atoms with Crippen molar-refractivity contribution < 1.29 is 23.2 Å². The molecule has 0 unspecified atom stereocenters. The lowest BCUT2D eigenvalue weighted by Gasteiger charge is -2.32. The SMILES string of the molecule is O=C(NCC(=O)N(Cc1ccccc1F)[C@H](C(=O)NC1CCCC1)c1ccncc1)c1ccco1. The maximum absolute atomic E-state index is 14.6. The molecular weight excluding hydrogens is 451 g/mol. The first-order chi connectivity index (χ1) is 17.0. The highest BCUT2D eigenvalue weighted by Gasteiger charge is 2.33. The standard InChI is InChI=1S/C26H27FN4O4/c27-21-9-4-1-6-19(21)17-31(23(32)16-29-25(33)22-10-5-15-35-22)24(18-11-13-28-14-12-18)26(34)30-20-7-2-3-8-20/h1,4-6,9-15,20,24H,2-3,7-8,16-17H2,(H,29,33)(H,30,34)/t24-/m0/s1. The molecule has 3 amide bonds. The van der Waals surface area contributed by atoms with E-state index in [1.807, 2.05) is 0 Å². The van der Waals surface area contributed by atoms with Crippen LogP contribution in [0.1, 0.15) is 53.4 Å². The molecule has 1 aromatic carbocycles. The number of rotatable bonds is 9. The fraction of sp³-hybridized carbons (Fsp3) is 0.308. The first-order valence-corrected chi connectivity index (χ1v) is 11.6. The Morgan fingerprint density at radius 3 is 2.49 bits per heavy atom. The number of aromatic nitrogens is 1. The molecule has 2 aromatic heterocycles. The van der Waals surface area contributed by atoms with Crippen LogP contribution in [0.15, 0.2) is 71.6 Å². The molecule has 3 aromatic rings. The maximum Gasteiger partial charge on any atom is 0.287 e. The first kappa shape index (κ1) is 24.1. The Bertz CT molecular complexity index is 1150. The van der Waals surface area contributed by atoms with Gasteiger partial charge >= 0.3 is 0 Å². The van der Waals surface area contributed by atoms with Crippen LogP contribution >= 0.6 is 0 Å². The average Bonchev–Trinajstić information content (AvgIpc) is 3.58. The molecule has 35 heavy (non-hydrogen) atoms. The zero-order chi connectivity index (χ0) is 24.6. The second kappa shape index (κ2) is 11.4. The summed E-state index contributed by atoms with van der Waals surface area (Å²) in [5.41, 5.74) is 0.795. The Kier molecular flexibility index (Phi) is 7.87. The van der Waals surface area contributed by atoms with Gasteiger partial charge in [0.05, 0.1) is 12.8 Å². The molecule has 0 saturated heterocycles. The molecule has 0 bridgehead atoms. The Morgan fingerprint density at radius 1 is 1.06 bits per heavy atom. The fourth-order valence-electron chi connectivity index (χ4n) is 4.25. The molecule has 0 aliphatic heterocycles. The molecule has 1 atom stereocenters. The molecular formula is C26H27FN4O4. The van der Waals surface area contributed by atoms with Crippen molar-refractivity contribution in [2.45, 2.75) is 44.3 Å². The summed E-state index contributed by atoms with van der Waals surface area (Å²) in [5.74, 6) is -1.90. The largest absolute Gasteiger partial charge is 0.459 e. The Balaban J connectivity index is 1.63. The number of hydrogen-bond donors (Lipinski definition) is 2. The van der Waals surface area contributed by atoms with Crippen LogP contribution in [0.25, 0.3) is 0 Å². The van der Waals surface area contributed by atoms with Crippen molar-refractivity contribution in [3.63, 3.8) is 0 Å². The summed E-state index contributed by atoms with van der Waals surface area (Å²) in [6.07, 6.45) is 8.23. The minimum atomic E-state index is -1.04. The van der Waals surface area contributed by atoms with E-state index in [9.17, 15) is 18.8 Å². The highest BCUT2D eigenvalue weighted by molar-refractivity contribution is 5.95. The van der Waals surface area contributed by atoms with Crippen molar-refractivity contribution in [1.29, 1.82) is 0 Å². The summed E-state index contributed by atoms with van der Waals surface area (Å²) >= 11 is 0. The van der Waals surface area contributed by atoms with Crippen LogP contribution in [0, 0.1) is 5.82 Å². The van der Waals surface area contributed by atoms with E-state index < -0.39 is 30.2 Å². The molecule has 1 saturated carbocycles. The van der Waals surface area contributed by atoms with Crippen molar-refractivity contribution in [3.05, 3.63) is 89.9 Å². The lowest BCUT2D eigenvalue weighted by Crippen LogP contribution is -2.48. The lowest BCUT2D eigenvalue weighted by molar-refractivity contribution is -0.141. The van der Waals surface area contributed by atoms with E-state index in [1.54, 1.807) is 36.4 Å². The Morgan fingerprint density at radius 2 is 1.80 bits per heavy atom. The number of carbonyl (C=O) groups is 3. The van der Waals surface area contributed by atoms with Crippen molar-refractivity contribution >= 4 is 17.7 Å². The normalized spacial score (nSPS) is 14.3. The molecule has 9 heteroatoms. The van der Waals surface area contributed by atoms with Gasteiger partial charge in [-0.2, -0.15) is 0 Å². The Hall–Kier alpha value is -4.01. The van der Waals surface area contributed by atoms with Gasteiger partial charge in [-0.05, 0) is 48.7 Å². The highest BCUT2D eigenvalue weighted by atomic mass is 19.1. The molecule has 0 radical (unpaired) electrons. The number of pyridine rings is 1. The molecule has 2 N–H and O–H groups in total. The van der Waals surface area contributed by atoms with Gasteiger partial charge in [-0.3, -0.25) is 19.4 Å². The maximum atomic E-state index is 14.6. The predicted molar refractivity (Wildman–Crippen MR) is 125 cm³/mol. The van der Waals surface area contributed by atoms with Crippen molar-refractivity contribution in [2.24, 2.45) is 0 Å². The first-order valence-electron chi connectivity index (χ1n) is 11.6. The number of amides is 3. The summed E-state index contributed by atoms with van der Waals surface area (Å²) < 4.78 is 19.6. The smallest absolute Gasteiger partial charge is 0.287 e. The number of halogens is 1. The average molecular weight is 479 g/mol. The fourth-order valence-corrected chi connectivity index (χ4v) is 4.25. The zero-order valence-electron chi connectivity index (χ0n) is 19.2. The highest BCUT2D eigenvalue weighted by Crippen LogP contribution is 2.26. The number of nitrogens with one attached hydrogen (secondary N) is 2. The van der Waals surface area contributed by atoms with Crippen LogP contribution in [0.4, 0.5) is 4.39 Å². The van der Waals surface area contributed by atoms with Gasteiger partial charge in [-0.25, -0.2) is 4.39 Å². The third-order valence-electron chi connectivity index (χ3n) is 6.05. The molecule has 0 spiro atoms. The summed E-state index contributed by atoms with van der Waals surface area (Å²) in [6.45, 7) is -0.556. The van der Waals surface area contributed by atoms with E-state index in [4.69, 9.17) is 4.42 Å². The molecule has 1 aliphatic carbocycles. The topological polar surface area (TPSA) is 105 Å². The van der Waals surface area contributed by atoms with Crippen molar-refractivity contribution in [1.82, 2.24) is 20.5 Å². The van der Waals surface area contributed by atoms with Gasteiger partial charge in [0.1, 0.15) is 11.9 Å². The zero-order valence-corrected chi connectivity index (χ0v) is 19.2. The van der Waals surface area contributed by atoms with Crippen LogP contribution in [0.3, 0.4) is 0 Å². The van der Waals surface area contributed by atoms with E-state index in [0.29, 0.717) is 5.56 Å². The van der Waals surface area contributed by atoms with Crippen molar-refractivity contribution in [3.8, 4) is 0 Å². The summed E-state index contributed by atoms with van der Waals surface area (Å²) in [6, 6.07) is 11.4. The van der Waals surface area contributed by atoms with Gasteiger partial charge in [-0.15, -0.1) is 0 Å². The van der Waals surface area contributed by atoms with E-state index in [0.717, 1.165) is 25.7 Å². The van der Waals surface area contributed by atoms with Gasteiger partial charge in [0.25, 0.3) is 5.91 Å². The minimum absolute atomic E-state index is 0.0240. The molecule has 2 heterocycles. The third kappa shape index (κ3) is 6.11. The van der Waals surface area contributed by atoms with Gasteiger partial charge < -0.3 is 20.0 Å². The minimum Gasteiger partial charge on any atom is -0.459 e. The lowest BCUT2D eigenvalue weighted by atomic mass is 10.0. The van der Waals surface area contributed by atoms with Crippen LogP contribution in [-0.2, 0) is 16.1 Å². The van der Waals surface area contributed by atoms with Gasteiger partial charge in [0, 0.05) is 30.5 Å². The monoisotopic (exact) mass is 478 g/mol. The second-order valence-electron chi connectivity index (χ2n) is 8.45. The van der Waals surface area contributed by atoms with Crippen LogP contribution in [0.2, 0.25) is 0 Å². The van der Waals surface area contributed by atoms with Crippen LogP contribution in [0.5, 0.6) is 0 Å². The second-order valence-corrected chi connectivity index (χ2v) is 8.45. The van der Waals surface area contributed by atoms with E-state index in [1.165, 1.54) is 35.7 Å². The predicted octanol–water partition coefficient (Wildman–Crippen LogP) is 3.37. The quantitative estimate of drug-likeness (QED) is 0.491. The number of hydrogen-bond acceptors (Lipinski definition) is 5. The number of benzene rings is 1. The van der Waals surface area contributed by atoms with E-state index >= 15 is 0 Å². The summed E-state index contributed by atoms with van der Waals surface area (Å²) in [4.78, 5) is 44.6. The molecule has 182 valence electrons. The van der Waals surface area contributed by atoms with Crippen LogP contribution in [-0.4, -0.2) is 40.2 Å². The number of carbonyl (C=O) groups excluding carboxylic acids is 3. The summed E-state index contributed by atoms with van der Waals surface area (Å²) in [7, 11) is 0. The molecule has 1 aliphatic rings. The Labute approximate surface area is 202 Å². The van der Waals surface area contributed by atoms with Gasteiger partial charge in [0.15, 0.2) is 5.76 Å². The van der Waals surface area contributed by atoms with Gasteiger partial charge in [0.2, 0.25) is 11.8 Å². The van der Waals surface area contributed by atoms with E-state index in [2.05, 4.69) is 15.6 Å². The van der Waals surface area contributed by atoms with E-state index in [-0.39, 0.29) is 29.8 Å². The third-order valence-corrected chi connectivity index (χ3v) is 6.05. The van der Waals surface area contributed by atoms with Crippen molar-refractivity contribution in [2.75, 3.05) is 6.54 Å². The summed E-state index contributed by atoms with van der Waals surface area (Å²) in [5, 5.41) is 5.57. The molecule has 8 nitrogen and oxygen atoms in total. The number of furan rings is 1. The molecule has 4 rings (SSSR count). The van der Waals surface area contributed by atoms with Crippen LogP contribution < -0.4 is 10.6 Å².